The fourth-order valence-electron chi connectivity index (χ4n) is 3.56. The number of alkyl halides is 1. The lowest BCUT2D eigenvalue weighted by atomic mass is 9.55. The third-order valence-electron chi connectivity index (χ3n) is 4.03. The summed E-state index contributed by atoms with van der Waals surface area (Å²) < 4.78 is 0. The van der Waals surface area contributed by atoms with Gasteiger partial charge in [0.05, 0.1) is 0 Å². The smallest absolute Gasteiger partial charge is 0.140 e. The van der Waals surface area contributed by atoms with Crippen LogP contribution >= 0.6 is 11.6 Å². The van der Waals surface area contributed by atoms with Gasteiger partial charge in [-0.15, -0.1) is 11.6 Å². The molecule has 66 valence electrons. The highest BCUT2D eigenvalue weighted by Crippen LogP contribution is 2.53. The van der Waals surface area contributed by atoms with Crippen molar-refractivity contribution in [3.63, 3.8) is 0 Å². The average Bonchev–Trinajstić information content (AvgIpc) is 2.07. The summed E-state index contributed by atoms with van der Waals surface area (Å²) in [5.74, 6) is 2.64. The maximum absolute atomic E-state index is 11.7. The molecule has 0 N–H and O–H groups in total. The summed E-state index contributed by atoms with van der Waals surface area (Å²) in [6.45, 7) is 0. The molecule has 5 atom stereocenters. The van der Waals surface area contributed by atoms with Gasteiger partial charge in [0.1, 0.15) is 5.78 Å². The second kappa shape index (κ2) is 2.25. The van der Waals surface area contributed by atoms with Gasteiger partial charge >= 0.3 is 0 Å². The highest BCUT2D eigenvalue weighted by molar-refractivity contribution is 6.23. The van der Waals surface area contributed by atoms with E-state index in [1.165, 1.54) is 12.8 Å². The molecule has 4 fully saturated rings. The predicted octanol–water partition coefficient (Wildman–Crippen LogP) is 2.23. The van der Waals surface area contributed by atoms with E-state index < -0.39 is 0 Å². The van der Waals surface area contributed by atoms with Crippen molar-refractivity contribution < 1.29 is 4.79 Å². The zero-order chi connectivity index (χ0) is 8.29. The minimum absolute atomic E-state index is 0.185. The van der Waals surface area contributed by atoms with Crippen LogP contribution in [-0.4, -0.2) is 11.2 Å². The molecule has 0 aromatic carbocycles. The molecule has 0 aliphatic heterocycles. The number of rotatable bonds is 0. The van der Waals surface area contributed by atoms with E-state index in [0.717, 1.165) is 18.8 Å². The summed E-state index contributed by atoms with van der Waals surface area (Å²) in [7, 11) is 0. The van der Waals surface area contributed by atoms with Crippen molar-refractivity contribution in [1.82, 2.24) is 0 Å². The Hall–Kier alpha value is -0.0400. The number of Topliss-reactive ketones (excluding diaryl/α,β-unsaturated/α-hetero) is 1. The Balaban J connectivity index is 1.98. The Morgan fingerprint density at radius 1 is 1.17 bits per heavy atom. The van der Waals surface area contributed by atoms with Crippen LogP contribution in [0.25, 0.3) is 0 Å². The van der Waals surface area contributed by atoms with Crippen molar-refractivity contribution in [2.75, 3.05) is 0 Å². The van der Waals surface area contributed by atoms with Crippen LogP contribution in [0.2, 0.25) is 0 Å². The van der Waals surface area contributed by atoms with Gasteiger partial charge in [0, 0.05) is 17.2 Å². The zero-order valence-electron chi connectivity index (χ0n) is 7.00. The highest BCUT2D eigenvalue weighted by atomic mass is 35.5. The number of ketones is 1. The van der Waals surface area contributed by atoms with Crippen molar-refractivity contribution in [2.45, 2.75) is 31.1 Å². The van der Waals surface area contributed by atoms with Gasteiger partial charge < -0.3 is 0 Å². The Morgan fingerprint density at radius 2 is 2.00 bits per heavy atom. The van der Waals surface area contributed by atoms with Gasteiger partial charge in [-0.1, -0.05) is 0 Å². The third kappa shape index (κ3) is 0.783. The number of carbonyl (C=O) groups excluding carboxylic acids is 1. The molecule has 0 unspecified atom stereocenters. The quantitative estimate of drug-likeness (QED) is 0.528. The molecular formula is C10H13ClO. The van der Waals surface area contributed by atoms with Gasteiger partial charge in [0.25, 0.3) is 0 Å². The maximum Gasteiger partial charge on any atom is 0.140 e. The average molecular weight is 185 g/mol. The predicted molar refractivity (Wildman–Crippen MR) is 47.1 cm³/mol. The van der Waals surface area contributed by atoms with Crippen molar-refractivity contribution >= 4 is 17.4 Å². The SMILES string of the molecule is O=C1[C@H]2C[C@H]3C[C@@H](C2)[C@H](Cl)[C@H]1C3. The van der Waals surface area contributed by atoms with Crippen LogP contribution in [0.4, 0.5) is 0 Å². The van der Waals surface area contributed by atoms with Crippen molar-refractivity contribution in [2.24, 2.45) is 23.7 Å². The van der Waals surface area contributed by atoms with E-state index in [2.05, 4.69) is 0 Å². The summed E-state index contributed by atoms with van der Waals surface area (Å²) in [4.78, 5) is 11.7. The zero-order valence-corrected chi connectivity index (χ0v) is 7.76. The van der Waals surface area contributed by atoms with Gasteiger partial charge in [-0.25, -0.2) is 0 Å². The van der Waals surface area contributed by atoms with Crippen molar-refractivity contribution in [3.05, 3.63) is 0 Å². The van der Waals surface area contributed by atoms with Crippen LogP contribution in [0.1, 0.15) is 25.7 Å². The minimum atomic E-state index is 0.185. The van der Waals surface area contributed by atoms with E-state index in [9.17, 15) is 4.79 Å². The van der Waals surface area contributed by atoms with Crippen LogP contribution < -0.4 is 0 Å². The molecule has 4 aliphatic carbocycles. The van der Waals surface area contributed by atoms with E-state index in [-0.39, 0.29) is 11.3 Å². The van der Waals surface area contributed by atoms with Gasteiger partial charge in [0.15, 0.2) is 0 Å². The first kappa shape index (κ1) is 7.37. The van der Waals surface area contributed by atoms with E-state index in [0.29, 0.717) is 17.6 Å². The van der Waals surface area contributed by atoms with E-state index >= 15 is 0 Å². The molecule has 0 spiro atoms. The van der Waals surface area contributed by atoms with Crippen molar-refractivity contribution in [3.8, 4) is 0 Å². The molecule has 4 saturated carbocycles. The van der Waals surface area contributed by atoms with Crippen LogP contribution in [0.3, 0.4) is 0 Å². The second-order valence-corrected chi connectivity index (χ2v) is 5.22. The Bertz CT molecular complexity index is 238. The highest BCUT2D eigenvalue weighted by Gasteiger charge is 2.52. The van der Waals surface area contributed by atoms with E-state index in [1.807, 2.05) is 0 Å². The normalized spacial score (nSPS) is 56.4. The van der Waals surface area contributed by atoms with Crippen molar-refractivity contribution in [1.29, 1.82) is 0 Å². The molecule has 0 aromatic heterocycles. The van der Waals surface area contributed by atoms with Crippen LogP contribution in [0.5, 0.6) is 0 Å². The molecule has 1 nitrogen and oxygen atoms in total. The van der Waals surface area contributed by atoms with Gasteiger partial charge in [-0.05, 0) is 37.5 Å². The second-order valence-electron chi connectivity index (χ2n) is 4.72. The van der Waals surface area contributed by atoms with Gasteiger partial charge in [0.2, 0.25) is 0 Å². The summed E-state index contributed by atoms with van der Waals surface area (Å²) >= 11 is 6.24. The molecular weight excluding hydrogens is 172 g/mol. The lowest BCUT2D eigenvalue weighted by Gasteiger charge is -2.51. The Labute approximate surface area is 77.5 Å². The molecule has 4 bridgehead atoms. The fraction of sp³-hybridized carbons (Fsp3) is 0.900. The number of hydrogen-bond donors (Lipinski definition) is 0. The molecule has 0 saturated heterocycles. The van der Waals surface area contributed by atoms with E-state index in [4.69, 9.17) is 11.6 Å². The molecule has 0 aromatic rings. The van der Waals surface area contributed by atoms with E-state index in [1.54, 1.807) is 0 Å². The number of halogens is 1. The van der Waals surface area contributed by atoms with Gasteiger partial charge in [-0.3, -0.25) is 4.79 Å². The summed E-state index contributed by atoms with van der Waals surface area (Å²) in [6, 6.07) is 0. The molecule has 12 heavy (non-hydrogen) atoms. The van der Waals surface area contributed by atoms with Crippen LogP contribution in [0.15, 0.2) is 0 Å². The molecule has 0 radical (unpaired) electrons. The van der Waals surface area contributed by atoms with Crippen LogP contribution in [0, 0.1) is 23.7 Å². The Kier molecular flexibility index (Phi) is 1.39. The molecule has 2 heteroatoms. The third-order valence-corrected chi connectivity index (χ3v) is 4.69. The summed E-state index contributed by atoms with van der Waals surface area (Å²) in [5.41, 5.74) is 0. The first-order valence-corrected chi connectivity index (χ1v) is 5.37. The summed E-state index contributed by atoms with van der Waals surface area (Å²) in [6.07, 6.45) is 4.67. The number of hydrogen-bond acceptors (Lipinski definition) is 1. The minimum Gasteiger partial charge on any atom is -0.299 e. The topological polar surface area (TPSA) is 17.1 Å². The fourth-order valence-corrected chi connectivity index (χ4v) is 4.00. The lowest BCUT2D eigenvalue weighted by Crippen LogP contribution is -2.51. The Morgan fingerprint density at radius 3 is 2.83 bits per heavy atom. The molecule has 4 rings (SSSR count). The first-order chi connectivity index (χ1) is 5.75. The first-order valence-electron chi connectivity index (χ1n) is 4.93. The largest absolute Gasteiger partial charge is 0.299 e. The monoisotopic (exact) mass is 184 g/mol. The molecule has 0 heterocycles. The van der Waals surface area contributed by atoms with Gasteiger partial charge in [-0.2, -0.15) is 0 Å². The summed E-state index contributed by atoms with van der Waals surface area (Å²) in [5, 5.41) is 0.185. The standard InChI is InChI=1S/C10H13ClO/c11-9-6-1-5-2-7(4-6)10(12)8(9)3-5/h5-9H,1-4H2/t5-,6+,7+,8-,9+/m1/s1. The molecule has 0 amide bonds. The maximum atomic E-state index is 11.7. The lowest BCUT2D eigenvalue weighted by molar-refractivity contribution is -0.139. The van der Waals surface area contributed by atoms with Crippen LogP contribution in [-0.2, 0) is 4.79 Å². The number of carbonyl (C=O) groups is 1. The molecule has 4 aliphatic rings.